The zero-order chi connectivity index (χ0) is 9.30. The lowest BCUT2D eigenvalue weighted by Crippen LogP contribution is -1.94. The summed E-state index contributed by atoms with van der Waals surface area (Å²) in [5, 5.41) is 0. The van der Waals surface area contributed by atoms with Gasteiger partial charge in [0.15, 0.2) is 0 Å². The molecule has 6 heteroatoms. The molecule has 1 heterocycles. The molecular weight excluding hydrogens is 411 g/mol. The molecule has 0 unspecified atom stereocenters. The Labute approximate surface area is 98.3 Å². The van der Waals surface area contributed by atoms with Crippen molar-refractivity contribution >= 4 is 54.5 Å². The quantitative estimate of drug-likeness (QED) is 0.499. The minimum Gasteiger partial charge on any atom is -0.238 e. The van der Waals surface area contributed by atoms with Crippen molar-refractivity contribution < 1.29 is 8.78 Å². The molecule has 0 saturated heterocycles. The highest BCUT2D eigenvalue weighted by Gasteiger charge is 2.15. The molecule has 0 aliphatic rings. The second kappa shape index (κ2) is 4.28. The summed E-state index contributed by atoms with van der Waals surface area (Å²) in [6.07, 6.45) is -2.54. The van der Waals surface area contributed by atoms with Gasteiger partial charge in [-0.25, -0.2) is 13.8 Å². The maximum Gasteiger partial charge on any atom is 0.281 e. The zero-order valence-corrected chi connectivity index (χ0v) is 10.8. The highest BCUT2D eigenvalue weighted by molar-refractivity contribution is 14.1. The summed E-state index contributed by atoms with van der Waals surface area (Å²) in [5.41, 5.74) is -0.220. The predicted octanol–water partition coefficient (Wildman–Crippen LogP) is 4.15. The first kappa shape index (κ1) is 10.8. The van der Waals surface area contributed by atoms with Gasteiger partial charge in [-0.2, -0.15) is 0 Å². The van der Waals surface area contributed by atoms with Crippen LogP contribution in [0.15, 0.2) is 15.0 Å². The lowest BCUT2D eigenvalue weighted by molar-refractivity contribution is 0.145. The first-order valence-corrected chi connectivity index (χ1v) is 5.48. The van der Waals surface area contributed by atoms with E-state index in [0.717, 1.165) is 0 Å². The lowest BCUT2D eigenvalue weighted by Gasteiger charge is -2.03. The van der Waals surface area contributed by atoms with Crippen molar-refractivity contribution in [2.75, 3.05) is 0 Å². The Bertz CT molecular complexity index is 306. The Hall–Kier alpha value is 0.700. The van der Waals surface area contributed by atoms with Crippen LogP contribution in [0.4, 0.5) is 8.78 Å². The molecule has 1 rings (SSSR count). The fourth-order valence-corrected chi connectivity index (χ4v) is 2.14. The summed E-state index contributed by atoms with van der Waals surface area (Å²) in [5.74, 6) is 0. The fourth-order valence-electron chi connectivity index (χ4n) is 0.610. The Morgan fingerprint density at radius 3 is 2.42 bits per heavy atom. The molecule has 0 spiro atoms. The van der Waals surface area contributed by atoms with E-state index in [9.17, 15) is 8.78 Å². The summed E-state index contributed by atoms with van der Waals surface area (Å²) in [6.45, 7) is 0. The van der Waals surface area contributed by atoms with Gasteiger partial charge in [0.25, 0.3) is 6.43 Å². The number of rotatable bonds is 1. The molecule has 0 aromatic carbocycles. The van der Waals surface area contributed by atoms with Crippen LogP contribution in [0.3, 0.4) is 0 Å². The molecule has 12 heavy (non-hydrogen) atoms. The van der Waals surface area contributed by atoms with Gasteiger partial charge in [0.2, 0.25) is 0 Å². The average molecular weight is 413 g/mol. The fraction of sp³-hybridized carbons (Fsp3) is 0.167. The molecular formula is C6H2Br2F2IN. The third-order valence-corrected chi connectivity index (χ3v) is 3.92. The Morgan fingerprint density at radius 2 is 1.92 bits per heavy atom. The van der Waals surface area contributed by atoms with Gasteiger partial charge in [-0.3, -0.25) is 0 Å². The molecule has 0 aliphatic carbocycles. The van der Waals surface area contributed by atoms with Crippen LogP contribution in [0.5, 0.6) is 0 Å². The average Bonchev–Trinajstić information content (AvgIpc) is 1.96. The smallest absolute Gasteiger partial charge is 0.238 e. The van der Waals surface area contributed by atoms with Crippen molar-refractivity contribution in [3.05, 3.63) is 24.4 Å². The molecule has 0 saturated carbocycles. The molecule has 0 amide bonds. The largest absolute Gasteiger partial charge is 0.281 e. The summed E-state index contributed by atoms with van der Waals surface area (Å²) in [4.78, 5) is 3.71. The maximum atomic E-state index is 12.2. The molecule has 0 radical (unpaired) electrons. The van der Waals surface area contributed by atoms with Crippen molar-refractivity contribution in [3.8, 4) is 0 Å². The van der Waals surface area contributed by atoms with Crippen molar-refractivity contribution in [3.63, 3.8) is 0 Å². The highest BCUT2D eigenvalue weighted by atomic mass is 127. The topological polar surface area (TPSA) is 12.9 Å². The SMILES string of the molecule is FC(F)c1nc(I)c(Br)cc1Br. The lowest BCUT2D eigenvalue weighted by atomic mass is 10.4. The highest BCUT2D eigenvalue weighted by Crippen LogP contribution is 2.30. The van der Waals surface area contributed by atoms with E-state index in [1.54, 1.807) is 6.07 Å². The van der Waals surface area contributed by atoms with Crippen molar-refractivity contribution in [2.24, 2.45) is 0 Å². The van der Waals surface area contributed by atoms with Crippen LogP contribution in [-0.4, -0.2) is 4.98 Å². The number of halogens is 5. The molecule has 1 aromatic heterocycles. The van der Waals surface area contributed by atoms with E-state index in [1.807, 2.05) is 22.6 Å². The van der Waals surface area contributed by atoms with Gasteiger partial charge in [-0.05, 0) is 60.5 Å². The molecule has 0 atom stereocenters. The molecule has 1 nitrogen and oxygen atoms in total. The van der Waals surface area contributed by atoms with Crippen LogP contribution in [0, 0.1) is 3.70 Å². The van der Waals surface area contributed by atoms with Crippen LogP contribution in [-0.2, 0) is 0 Å². The summed E-state index contributed by atoms with van der Waals surface area (Å²) < 4.78 is 26.0. The van der Waals surface area contributed by atoms with E-state index in [4.69, 9.17) is 0 Å². The van der Waals surface area contributed by atoms with Crippen LogP contribution in [0.1, 0.15) is 12.1 Å². The Kier molecular flexibility index (Phi) is 3.84. The normalized spacial score (nSPS) is 10.8. The van der Waals surface area contributed by atoms with Crippen molar-refractivity contribution in [1.82, 2.24) is 4.98 Å². The first-order chi connectivity index (χ1) is 5.52. The molecule has 0 N–H and O–H groups in total. The van der Waals surface area contributed by atoms with Crippen LogP contribution in [0.25, 0.3) is 0 Å². The number of pyridine rings is 1. The van der Waals surface area contributed by atoms with E-state index in [1.165, 1.54) is 0 Å². The van der Waals surface area contributed by atoms with Crippen LogP contribution < -0.4 is 0 Å². The van der Waals surface area contributed by atoms with E-state index in [0.29, 0.717) is 12.6 Å². The van der Waals surface area contributed by atoms with E-state index >= 15 is 0 Å². The number of hydrogen-bond donors (Lipinski definition) is 0. The standard InChI is InChI=1S/C6H2Br2F2IN/c7-2-1-3(8)6(11)12-4(2)5(9)10/h1,5H. The number of alkyl halides is 2. The molecule has 1 aromatic rings. The zero-order valence-electron chi connectivity index (χ0n) is 5.49. The number of nitrogens with zero attached hydrogens (tertiary/aromatic N) is 1. The number of hydrogen-bond acceptors (Lipinski definition) is 1. The molecule has 0 aliphatic heterocycles. The van der Waals surface area contributed by atoms with Crippen LogP contribution >= 0.6 is 54.5 Å². The predicted molar refractivity (Wildman–Crippen MR) is 57.3 cm³/mol. The van der Waals surface area contributed by atoms with Gasteiger partial charge >= 0.3 is 0 Å². The summed E-state index contributed by atoms with van der Waals surface area (Å²) in [6, 6.07) is 1.57. The van der Waals surface area contributed by atoms with E-state index in [-0.39, 0.29) is 5.69 Å². The van der Waals surface area contributed by atoms with Gasteiger partial charge in [0, 0.05) is 4.47 Å². The second-order valence-corrected chi connectivity index (χ2v) is 4.66. The van der Waals surface area contributed by atoms with E-state index < -0.39 is 6.43 Å². The van der Waals surface area contributed by atoms with Gasteiger partial charge < -0.3 is 0 Å². The summed E-state index contributed by atoms with van der Waals surface area (Å²) >= 11 is 8.08. The number of aromatic nitrogens is 1. The third kappa shape index (κ3) is 2.35. The minimum atomic E-state index is -2.54. The van der Waals surface area contributed by atoms with Gasteiger partial charge in [0.05, 0.1) is 4.47 Å². The monoisotopic (exact) mass is 411 g/mol. The van der Waals surface area contributed by atoms with Gasteiger partial charge in [-0.15, -0.1) is 0 Å². The van der Waals surface area contributed by atoms with Gasteiger partial charge in [0.1, 0.15) is 9.39 Å². The maximum absolute atomic E-state index is 12.2. The van der Waals surface area contributed by atoms with Crippen LogP contribution in [0.2, 0.25) is 0 Å². The van der Waals surface area contributed by atoms with Gasteiger partial charge in [-0.1, -0.05) is 0 Å². The molecule has 66 valence electrons. The minimum absolute atomic E-state index is 0.220. The Morgan fingerprint density at radius 1 is 1.33 bits per heavy atom. The summed E-state index contributed by atoms with van der Waals surface area (Å²) in [7, 11) is 0. The van der Waals surface area contributed by atoms with E-state index in [2.05, 4.69) is 36.8 Å². The molecule has 0 bridgehead atoms. The third-order valence-electron chi connectivity index (χ3n) is 1.12. The van der Waals surface area contributed by atoms with Crippen molar-refractivity contribution in [1.29, 1.82) is 0 Å². The molecule has 0 fully saturated rings. The second-order valence-electron chi connectivity index (χ2n) is 1.93. The Balaban J connectivity index is 3.23. The van der Waals surface area contributed by atoms with Crippen molar-refractivity contribution in [2.45, 2.75) is 6.43 Å². The first-order valence-electron chi connectivity index (χ1n) is 2.82.